The molecular weight excluding hydrogens is 288 g/mol. The van der Waals surface area contributed by atoms with Gasteiger partial charge in [-0.15, -0.1) is 0 Å². The van der Waals surface area contributed by atoms with E-state index in [1.165, 1.54) is 0 Å². The highest BCUT2D eigenvalue weighted by Crippen LogP contribution is 2.17. The first-order valence-electron chi connectivity index (χ1n) is 6.10. The maximum Gasteiger partial charge on any atom is 0.215 e. The van der Waals surface area contributed by atoms with Gasteiger partial charge in [-0.25, -0.2) is 13.1 Å². The Bertz CT molecular complexity index is 515. The van der Waals surface area contributed by atoms with E-state index < -0.39 is 10.0 Å². The maximum atomic E-state index is 11.9. The summed E-state index contributed by atoms with van der Waals surface area (Å²) in [5.41, 5.74) is 0.597. The average molecular weight is 305 g/mol. The van der Waals surface area contributed by atoms with Crippen LogP contribution in [-0.4, -0.2) is 40.8 Å². The van der Waals surface area contributed by atoms with Crippen LogP contribution in [0.25, 0.3) is 0 Å². The third-order valence-corrected chi connectivity index (χ3v) is 4.50. The lowest BCUT2D eigenvalue weighted by molar-refractivity contribution is 0.0324. The number of rotatable bonds is 5. The lowest BCUT2D eigenvalue weighted by atomic mass is 10.2. The smallest absolute Gasteiger partial charge is 0.215 e. The molecule has 1 aliphatic rings. The van der Waals surface area contributed by atoms with E-state index >= 15 is 0 Å². The van der Waals surface area contributed by atoms with E-state index in [1.807, 2.05) is 0 Å². The molecule has 0 amide bonds. The molecule has 1 atom stereocenters. The van der Waals surface area contributed by atoms with Crippen LogP contribution in [0.3, 0.4) is 0 Å². The fourth-order valence-electron chi connectivity index (χ4n) is 1.84. The van der Waals surface area contributed by atoms with Gasteiger partial charge in [0.25, 0.3) is 0 Å². The van der Waals surface area contributed by atoms with Gasteiger partial charge in [-0.1, -0.05) is 29.8 Å². The van der Waals surface area contributed by atoms with Crippen LogP contribution in [0.5, 0.6) is 0 Å². The Balaban J connectivity index is 1.90. The van der Waals surface area contributed by atoms with E-state index in [0.29, 0.717) is 23.7 Å². The Morgan fingerprint density at radius 3 is 2.89 bits per heavy atom. The Labute approximate surface area is 118 Å². The fourth-order valence-corrected chi connectivity index (χ4v) is 3.33. The van der Waals surface area contributed by atoms with Crippen molar-refractivity contribution in [3.05, 3.63) is 34.9 Å². The molecule has 1 aromatic carbocycles. The van der Waals surface area contributed by atoms with Crippen LogP contribution in [0.1, 0.15) is 5.56 Å². The van der Waals surface area contributed by atoms with Gasteiger partial charge >= 0.3 is 0 Å². The van der Waals surface area contributed by atoms with Gasteiger partial charge in [0.1, 0.15) is 0 Å². The van der Waals surface area contributed by atoms with E-state index in [4.69, 9.17) is 16.3 Å². The molecule has 1 saturated heterocycles. The van der Waals surface area contributed by atoms with E-state index in [9.17, 15) is 8.42 Å². The summed E-state index contributed by atoms with van der Waals surface area (Å²) in [6, 6.07) is 6.93. The molecule has 0 radical (unpaired) electrons. The Kier molecular flexibility index (Phi) is 5.18. The summed E-state index contributed by atoms with van der Waals surface area (Å²) in [6.45, 7) is 2.36. The molecule has 106 valence electrons. The summed E-state index contributed by atoms with van der Waals surface area (Å²) in [6.07, 6.45) is -0.116. The highest BCUT2D eigenvalue weighted by atomic mass is 35.5. The number of benzene rings is 1. The predicted octanol–water partition coefficient (Wildman–Crippen LogP) is 0.748. The van der Waals surface area contributed by atoms with Crippen molar-refractivity contribution >= 4 is 21.6 Å². The summed E-state index contributed by atoms with van der Waals surface area (Å²) in [5, 5.41) is 3.61. The van der Waals surface area contributed by atoms with Gasteiger partial charge in [0, 0.05) is 24.7 Å². The number of nitrogens with one attached hydrogen (secondary N) is 2. The molecule has 7 heteroatoms. The molecule has 0 spiro atoms. The third-order valence-electron chi connectivity index (χ3n) is 2.84. The largest absolute Gasteiger partial charge is 0.374 e. The number of hydrogen-bond donors (Lipinski definition) is 2. The molecule has 1 fully saturated rings. The van der Waals surface area contributed by atoms with Crippen molar-refractivity contribution in [2.24, 2.45) is 0 Å². The molecule has 0 aliphatic carbocycles. The molecule has 1 aromatic rings. The molecule has 5 nitrogen and oxygen atoms in total. The topological polar surface area (TPSA) is 67.4 Å². The average Bonchev–Trinajstić information content (AvgIpc) is 2.40. The van der Waals surface area contributed by atoms with Gasteiger partial charge in [-0.3, -0.25) is 0 Å². The summed E-state index contributed by atoms with van der Waals surface area (Å²) in [4.78, 5) is 0. The number of ether oxygens (including phenoxy) is 1. The van der Waals surface area contributed by atoms with Crippen LogP contribution in [0.2, 0.25) is 5.02 Å². The number of hydrogen-bond acceptors (Lipinski definition) is 4. The van der Waals surface area contributed by atoms with Crippen molar-refractivity contribution in [3.63, 3.8) is 0 Å². The quantitative estimate of drug-likeness (QED) is 0.842. The zero-order valence-electron chi connectivity index (χ0n) is 10.4. The van der Waals surface area contributed by atoms with E-state index in [0.717, 1.165) is 6.54 Å². The lowest BCUT2D eigenvalue weighted by Crippen LogP contribution is -2.45. The second kappa shape index (κ2) is 6.67. The van der Waals surface area contributed by atoms with Gasteiger partial charge in [-0.2, -0.15) is 0 Å². The molecule has 19 heavy (non-hydrogen) atoms. The standard InChI is InChI=1S/C12H17ClN2O3S/c13-12-4-2-1-3-10(12)9-19(16,17)15-8-11-7-14-5-6-18-11/h1-4,11,14-15H,5-9H2. The normalized spacial score (nSPS) is 20.4. The first kappa shape index (κ1) is 14.7. The maximum absolute atomic E-state index is 11.9. The minimum absolute atomic E-state index is 0.116. The predicted molar refractivity (Wildman–Crippen MR) is 74.7 cm³/mol. The molecule has 0 saturated carbocycles. The van der Waals surface area contributed by atoms with Crippen molar-refractivity contribution in [1.29, 1.82) is 0 Å². The molecule has 1 heterocycles. The molecular formula is C12H17ClN2O3S. The van der Waals surface area contributed by atoms with Crippen LogP contribution in [0.4, 0.5) is 0 Å². The molecule has 0 bridgehead atoms. The van der Waals surface area contributed by atoms with Gasteiger partial charge in [0.05, 0.1) is 18.5 Å². The van der Waals surface area contributed by atoms with Crippen molar-refractivity contribution in [2.75, 3.05) is 26.2 Å². The first-order chi connectivity index (χ1) is 9.07. The van der Waals surface area contributed by atoms with Crippen LogP contribution in [0, 0.1) is 0 Å². The monoisotopic (exact) mass is 304 g/mol. The molecule has 1 aliphatic heterocycles. The second-order valence-electron chi connectivity index (χ2n) is 4.40. The molecule has 2 rings (SSSR count). The van der Waals surface area contributed by atoms with Crippen molar-refractivity contribution < 1.29 is 13.2 Å². The van der Waals surface area contributed by atoms with Crippen molar-refractivity contribution in [1.82, 2.24) is 10.0 Å². The zero-order valence-corrected chi connectivity index (χ0v) is 12.0. The summed E-state index contributed by atoms with van der Waals surface area (Å²) < 4.78 is 31.9. The summed E-state index contributed by atoms with van der Waals surface area (Å²) in [5.74, 6) is -0.118. The Morgan fingerprint density at radius 2 is 2.21 bits per heavy atom. The van der Waals surface area contributed by atoms with Crippen LogP contribution in [-0.2, 0) is 20.5 Å². The number of sulfonamides is 1. The second-order valence-corrected chi connectivity index (χ2v) is 6.61. The molecule has 1 unspecified atom stereocenters. The zero-order chi connectivity index (χ0) is 13.7. The fraction of sp³-hybridized carbons (Fsp3) is 0.500. The SMILES string of the molecule is O=S(=O)(Cc1ccccc1Cl)NCC1CNCCO1. The van der Waals surface area contributed by atoms with Gasteiger partial charge in [-0.05, 0) is 11.6 Å². The number of halogens is 1. The summed E-state index contributed by atoms with van der Waals surface area (Å²) >= 11 is 5.95. The Hall–Kier alpha value is -0.660. The summed E-state index contributed by atoms with van der Waals surface area (Å²) in [7, 11) is -3.40. The van der Waals surface area contributed by atoms with E-state index in [2.05, 4.69) is 10.0 Å². The van der Waals surface area contributed by atoms with E-state index in [1.54, 1.807) is 24.3 Å². The van der Waals surface area contributed by atoms with Crippen molar-refractivity contribution in [3.8, 4) is 0 Å². The molecule has 2 N–H and O–H groups in total. The highest BCUT2D eigenvalue weighted by Gasteiger charge is 2.18. The van der Waals surface area contributed by atoms with Gasteiger partial charge in [0.15, 0.2) is 0 Å². The third kappa shape index (κ3) is 4.74. The van der Waals surface area contributed by atoms with Gasteiger partial charge in [0.2, 0.25) is 10.0 Å². The van der Waals surface area contributed by atoms with Crippen LogP contribution >= 0.6 is 11.6 Å². The highest BCUT2D eigenvalue weighted by molar-refractivity contribution is 7.88. The van der Waals surface area contributed by atoms with E-state index in [-0.39, 0.29) is 18.4 Å². The molecule has 0 aromatic heterocycles. The Morgan fingerprint density at radius 1 is 1.42 bits per heavy atom. The number of morpholine rings is 1. The van der Waals surface area contributed by atoms with Crippen molar-refractivity contribution in [2.45, 2.75) is 11.9 Å². The minimum atomic E-state index is -3.40. The van der Waals surface area contributed by atoms with Crippen LogP contribution in [0.15, 0.2) is 24.3 Å². The lowest BCUT2D eigenvalue weighted by Gasteiger charge is -2.23. The van der Waals surface area contributed by atoms with Crippen LogP contribution < -0.4 is 10.0 Å². The minimum Gasteiger partial charge on any atom is -0.374 e. The first-order valence-corrected chi connectivity index (χ1v) is 8.13. The van der Waals surface area contributed by atoms with Gasteiger partial charge < -0.3 is 10.1 Å².